The van der Waals surface area contributed by atoms with Crippen LogP contribution in [-0.2, 0) is 0 Å². The minimum absolute atomic E-state index is 0.230. The zero-order valence-corrected chi connectivity index (χ0v) is 18.3. The third kappa shape index (κ3) is 3.19. The van der Waals surface area contributed by atoms with Crippen LogP contribution in [0.25, 0.3) is 0 Å². The van der Waals surface area contributed by atoms with E-state index in [4.69, 9.17) is 0 Å². The molecule has 0 saturated carbocycles. The maximum absolute atomic E-state index is 13.5. The summed E-state index contributed by atoms with van der Waals surface area (Å²) in [5, 5.41) is 6.07. The number of rotatable bonds is 3. The summed E-state index contributed by atoms with van der Waals surface area (Å²) in [5.41, 5.74) is 4.91. The largest absolute Gasteiger partial charge is 0.326 e. The Balaban J connectivity index is 1.63. The average Bonchev–Trinajstić information content (AvgIpc) is 2.88. The lowest BCUT2D eigenvalue weighted by Crippen LogP contribution is -2.52. The maximum Gasteiger partial charge on any atom is 0.326 e. The van der Waals surface area contributed by atoms with Crippen LogP contribution in [0.3, 0.4) is 0 Å². The Labute approximate surface area is 197 Å². The van der Waals surface area contributed by atoms with Gasteiger partial charge in [-0.15, -0.1) is 0 Å². The molecule has 6 heteroatoms. The van der Waals surface area contributed by atoms with E-state index < -0.39 is 12.1 Å². The van der Waals surface area contributed by atoms with Crippen molar-refractivity contribution in [3.63, 3.8) is 0 Å². The van der Waals surface area contributed by atoms with Gasteiger partial charge >= 0.3 is 12.1 Å². The second kappa shape index (κ2) is 8.08. The second-order valence-electron chi connectivity index (χ2n) is 8.34. The van der Waals surface area contributed by atoms with Crippen LogP contribution in [0.1, 0.15) is 23.2 Å². The van der Waals surface area contributed by atoms with E-state index in [0.717, 1.165) is 33.9 Å². The van der Waals surface area contributed by atoms with E-state index in [2.05, 4.69) is 10.6 Å². The molecule has 0 fully saturated rings. The van der Waals surface area contributed by atoms with Crippen LogP contribution in [0.15, 0.2) is 109 Å². The van der Waals surface area contributed by atoms with Gasteiger partial charge in [0.25, 0.3) is 0 Å². The van der Waals surface area contributed by atoms with Crippen LogP contribution in [0.5, 0.6) is 0 Å². The van der Waals surface area contributed by atoms with Crippen LogP contribution in [0.2, 0.25) is 0 Å². The highest BCUT2D eigenvalue weighted by Crippen LogP contribution is 2.50. The summed E-state index contributed by atoms with van der Waals surface area (Å²) < 4.78 is 0. The van der Waals surface area contributed by atoms with Crippen molar-refractivity contribution < 1.29 is 9.59 Å². The van der Waals surface area contributed by atoms with Crippen molar-refractivity contribution >= 4 is 34.8 Å². The van der Waals surface area contributed by atoms with E-state index in [1.807, 2.05) is 109 Å². The maximum atomic E-state index is 13.5. The summed E-state index contributed by atoms with van der Waals surface area (Å²) >= 11 is 0. The van der Waals surface area contributed by atoms with E-state index in [9.17, 15) is 9.59 Å². The van der Waals surface area contributed by atoms with Crippen molar-refractivity contribution in [2.24, 2.45) is 0 Å². The van der Waals surface area contributed by atoms with Gasteiger partial charge in [-0.05, 0) is 36.4 Å². The molecule has 0 aromatic heterocycles. The third-order valence-corrected chi connectivity index (χ3v) is 6.40. The fourth-order valence-corrected chi connectivity index (χ4v) is 4.97. The SMILES string of the molecule is O=C1Nc2ccccc2C(C2c3ccccc3NC(=O)N2c2ccccc2)N1c1ccccc1. The van der Waals surface area contributed by atoms with Crippen LogP contribution in [-0.4, -0.2) is 12.1 Å². The Morgan fingerprint density at radius 1 is 0.471 bits per heavy atom. The number of para-hydroxylation sites is 4. The van der Waals surface area contributed by atoms with Crippen LogP contribution in [0, 0.1) is 0 Å². The number of urea groups is 2. The molecule has 6 rings (SSSR count). The molecule has 2 aliphatic rings. The summed E-state index contributed by atoms with van der Waals surface area (Å²) in [6, 6.07) is 33.4. The summed E-state index contributed by atoms with van der Waals surface area (Å²) in [4.78, 5) is 30.6. The fraction of sp³-hybridized carbons (Fsp3) is 0.0714. The van der Waals surface area contributed by atoms with Gasteiger partial charge in [-0.3, -0.25) is 9.80 Å². The molecule has 34 heavy (non-hydrogen) atoms. The van der Waals surface area contributed by atoms with Crippen molar-refractivity contribution in [3.05, 3.63) is 120 Å². The first-order chi connectivity index (χ1) is 16.7. The number of carbonyl (C=O) groups excluding carboxylic acids is 2. The fourth-order valence-electron chi connectivity index (χ4n) is 4.97. The highest BCUT2D eigenvalue weighted by atomic mass is 16.2. The van der Waals surface area contributed by atoms with Gasteiger partial charge in [0, 0.05) is 33.9 Å². The monoisotopic (exact) mass is 446 g/mol. The third-order valence-electron chi connectivity index (χ3n) is 6.40. The summed E-state index contributed by atoms with van der Waals surface area (Å²) in [6.07, 6.45) is 0. The zero-order chi connectivity index (χ0) is 23.1. The molecule has 2 unspecified atom stereocenters. The molecule has 2 atom stereocenters. The van der Waals surface area contributed by atoms with Gasteiger partial charge in [-0.1, -0.05) is 72.8 Å². The molecule has 166 valence electrons. The molecule has 2 N–H and O–H groups in total. The van der Waals surface area contributed by atoms with E-state index in [-0.39, 0.29) is 12.1 Å². The molecule has 0 radical (unpaired) electrons. The minimum Gasteiger partial charge on any atom is -0.307 e. The van der Waals surface area contributed by atoms with Gasteiger partial charge < -0.3 is 10.6 Å². The van der Waals surface area contributed by atoms with E-state index in [1.54, 1.807) is 9.80 Å². The zero-order valence-electron chi connectivity index (χ0n) is 18.3. The van der Waals surface area contributed by atoms with Crippen LogP contribution >= 0.6 is 0 Å². The quantitative estimate of drug-likeness (QED) is 0.374. The van der Waals surface area contributed by atoms with Crippen molar-refractivity contribution in [2.45, 2.75) is 12.1 Å². The first kappa shape index (κ1) is 20.1. The summed E-state index contributed by atoms with van der Waals surface area (Å²) in [7, 11) is 0. The molecular weight excluding hydrogens is 424 g/mol. The molecule has 2 aliphatic heterocycles. The standard InChI is InChI=1S/C28H22N4O2/c33-27-29-23-17-9-7-15-21(23)25(31(27)19-11-3-1-4-12-19)26-22-16-8-10-18-24(22)30-28(34)32(26)20-13-5-2-6-14-20/h1-18,25-26H,(H,29,33)(H,30,34). The predicted molar refractivity (Wildman–Crippen MR) is 134 cm³/mol. The number of carbonyl (C=O) groups is 2. The highest BCUT2D eigenvalue weighted by Gasteiger charge is 2.46. The molecule has 0 spiro atoms. The number of anilines is 4. The number of amides is 4. The summed E-state index contributed by atoms with van der Waals surface area (Å²) in [5.74, 6) is 0. The molecule has 0 bridgehead atoms. The van der Waals surface area contributed by atoms with Crippen molar-refractivity contribution in [2.75, 3.05) is 20.4 Å². The highest BCUT2D eigenvalue weighted by molar-refractivity contribution is 6.08. The molecule has 4 aromatic carbocycles. The van der Waals surface area contributed by atoms with Gasteiger partial charge in [0.05, 0.1) is 12.1 Å². The van der Waals surface area contributed by atoms with Gasteiger partial charge in [0.1, 0.15) is 0 Å². The van der Waals surface area contributed by atoms with E-state index >= 15 is 0 Å². The van der Waals surface area contributed by atoms with E-state index in [0.29, 0.717) is 0 Å². The molecule has 0 aliphatic carbocycles. The lowest BCUT2D eigenvalue weighted by molar-refractivity contribution is 0.246. The predicted octanol–water partition coefficient (Wildman–Crippen LogP) is 6.57. The van der Waals surface area contributed by atoms with E-state index in [1.165, 1.54) is 0 Å². The number of hydrogen-bond donors (Lipinski definition) is 2. The van der Waals surface area contributed by atoms with Gasteiger partial charge in [0.15, 0.2) is 0 Å². The Bertz CT molecular complexity index is 1270. The number of benzene rings is 4. The van der Waals surface area contributed by atoms with Crippen molar-refractivity contribution in [1.29, 1.82) is 0 Å². The molecule has 4 amide bonds. The Kier molecular flexibility index (Phi) is 4.77. The number of nitrogens with one attached hydrogen (secondary N) is 2. The van der Waals surface area contributed by atoms with Crippen molar-refractivity contribution in [1.82, 2.24) is 0 Å². The molecule has 6 nitrogen and oxygen atoms in total. The first-order valence-corrected chi connectivity index (χ1v) is 11.2. The molecular formula is C28H22N4O2. The lowest BCUT2D eigenvalue weighted by Gasteiger charge is -2.47. The Hall–Kier alpha value is -4.58. The topological polar surface area (TPSA) is 64.7 Å². The average molecular weight is 447 g/mol. The smallest absolute Gasteiger partial charge is 0.307 e. The molecule has 0 saturated heterocycles. The van der Waals surface area contributed by atoms with Gasteiger partial charge in [-0.25, -0.2) is 9.59 Å². The number of hydrogen-bond acceptors (Lipinski definition) is 2. The van der Waals surface area contributed by atoms with Crippen molar-refractivity contribution in [3.8, 4) is 0 Å². The molecule has 4 aromatic rings. The number of fused-ring (bicyclic) bond motifs is 2. The number of nitrogens with zero attached hydrogens (tertiary/aromatic N) is 2. The normalized spacial score (nSPS) is 19.1. The Morgan fingerprint density at radius 3 is 1.24 bits per heavy atom. The molecule has 2 heterocycles. The second-order valence-corrected chi connectivity index (χ2v) is 8.34. The van der Waals surface area contributed by atoms with Crippen LogP contribution < -0.4 is 20.4 Å². The first-order valence-electron chi connectivity index (χ1n) is 11.2. The summed E-state index contributed by atoms with van der Waals surface area (Å²) in [6.45, 7) is 0. The van der Waals surface area contributed by atoms with Gasteiger partial charge in [-0.2, -0.15) is 0 Å². The lowest BCUT2D eigenvalue weighted by atomic mass is 9.86. The van der Waals surface area contributed by atoms with Gasteiger partial charge in [0.2, 0.25) is 0 Å². The Morgan fingerprint density at radius 2 is 0.824 bits per heavy atom. The minimum atomic E-state index is -0.459. The van der Waals surface area contributed by atoms with Crippen LogP contribution in [0.4, 0.5) is 32.3 Å².